The van der Waals surface area contributed by atoms with Crippen LogP contribution in [-0.2, 0) is 36.7 Å². The minimum atomic E-state index is -1.86. The standard InChI is InChI=1S/C25H24N2O5/c1-24-13-12-20(29)27-18-11-7-6-10-17(18)21(22(24)27)25(26-31-2,19(28)14-24)23(30)32-15-16-8-4-3-5-9-16/h3-11,26H,12-15H2,1-2H3/t24-,25-/m1/s1. The lowest BCUT2D eigenvalue weighted by molar-refractivity contribution is -0.166. The fourth-order valence-corrected chi connectivity index (χ4v) is 5.21. The van der Waals surface area contributed by atoms with E-state index in [-0.39, 0.29) is 24.7 Å². The van der Waals surface area contributed by atoms with Crippen LogP contribution in [0.25, 0.3) is 10.9 Å². The predicted molar refractivity (Wildman–Crippen MR) is 117 cm³/mol. The number of carbonyl (C=O) groups excluding carboxylic acids is 3. The van der Waals surface area contributed by atoms with E-state index in [1.54, 1.807) is 4.57 Å². The van der Waals surface area contributed by atoms with E-state index in [1.807, 2.05) is 61.5 Å². The minimum Gasteiger partial charge on any atom is -0.459 e. The van der Waals surface area contributed by atoms with Crippen LogP contribution in [0.2, 0.25) is 0 Å². The molecular weight excluding hydrogens is 408 g/mol. The number of benzene rings is 2. The molecule has 2 aliphatic rings. The van der Waals surface area contributed by atoms with Gasteiger partial charge in [0.2, 0.25) is 11.4 Å². The van der Waals surface area contributed by atoms with E-state index in [4.69, 9.17) is 9.57 Å². The number of nitrogens with one attached hydrogen (secondary N) is 1. The molecule has 1 aliphatic carbocycles. The molecule has 0 saturated heterocycles. The Balaban J connectivity index is 1.73. The van der Waals surface area contributed by atoms with Gasteiger partial charge in [-0.25, -0.2) is 4.79 Å². The van der Waals surface area contributed by atoms with Gasteiger partial charge < -0.3 is 9.57 Å². The van der Waals surface area contributed by atoms with E-state index in [0.717, 1.165) is 5.56 Å². The maximum Gasteiger partial charge on any atom is 0.341 e. The second-order valence-electron chi connectivity index (χ2n) is 8.75. The Hall–Kier alpha value is -3.29. The van der Waals surface area contributed by atoms with E-state index in [2.05, 4.69) is 5.48 Å². The summed E-state index contributed by atoms with van der Waals surface area (Å²) in [6.07, 6.45) is 0.988. The summed E-state index contributed by atoms with van der Waals surface area (Å²) in [6.45, 7) is 2.00. The summed E-state index contributed by atoms with van der Waals surface area (Å²) in [5.74, 6) is -1.12. The van der Waals surface area contributed by atoms with Crippen molar-refractivity contribution in [3.63, 3.8) is 0 Å². The van der Waals surface area contributed by atoms with Crippen molar-refractivity contribution < 1.29 is 24.0 Å². The third kappa shape index (κ3) is 2.78. The summed E-state index contributed by atoms with van der Waals surface area (Å²) in [5.41, 5.74) is 2.92. The number of para-hydroxylation sites is 1. The minimum absolute atomic E-state index is 0.0181. The van der Waals surface area contributed by atoms with Gasteiger partial charge in [-0.2, -0.15) is 5.48 Å². The van der Waals surface area contributed by atoms with E-state index in [0.29, 0.717) is 35.0 Å². The lowest BCUT2D eigenvalue weighted by Crippen LogP contribution is -2.61. The molecule has 7 nitrogen and oxygen atoms in total. The number of ether oxygens (including phenoxy) is 1. The Labute approximate surface area is 185 Å². The van der Waals surface area contributed by atoms with E-state index in [9.17, 15) is 14.4 Å². The fraction of sp³-hybridized carbons (Fsp3) is 0.320. The maximum absolute atomic E-state index is 13.7. The van der Waals surface area contributed by atoms with Crippen molar-refractivity contribution in [3.05, 3.63) is 71.4 Å². The predicted octanol–water partition coefficient (Wildman–Crippen LogP) is 3.40. The zero-order chi connectivity index (χ0) is 22.5. The highest BCUT2D eigenvalue weighted by molar-refractivity contribution is 6.15. The van der Waals surface area contributed by atoms with Gasteiger partial charge in [-0.15, -0.1) is 0 Å². The second kappa shape index (κ2) is 7.39. The summed E-state index contributed by atoms with van der Waals surface area (Å²) in [5, 5.41) is 0.665. The number of fused-ring (bicyclic) bond motifs is 3. The number of nitrogens with zero attached hydrogens (tertiary/aromatic N) is 1. The van der Waals surface area contributed by atoms with E-state index < -0.39 is 16.9 Å². The summed E-state index contributed by atoms with van der Waals surface area (Å²) in [4.78, 5) is 45.6. The highest BCUT2D eigenvalue weighted by atomic mass is 16.6. The van der Waals surface area contributed by atoms with Gasteiger partial charge in [0.25, 0.3) is 0 Å². The van der Waals surface area contributed by atoms with Gasteiger partial charge in [0.15, 0.2) is 5.78 Å². The number of esters is 1. The molecule has 0 fully saturated rings. The first-order chi connectivity index (χ1) is 15.4. The van der Waals surface area contributed by atoms with Crippen molar-refractivity contribution in [2.45, 2.75) is 43.7 Å². The van der Waals surface area contributed by atoms with Gasteiger partial charge in [-0.1, -0.05) is 55.5 Å². The fourth-order valence-electron chi connectivity index (χ4n) is 5.21. The molecule has 1 aliphatic heterocycles. The number of rotatable bonds is 5. The Morgan fingerprint density at radius 1 is 1.09 bits per heavy atom. The highest BCUT2D eigenvalue weighted by Gasteiger charge is 2.60. The molecule has 5 rings (SSSR count). The maximum atomic E-state index is 13.7. The van der Waals surface area contributed by atoms with Gasteiger partial charge in [0.05, 0.1) is 12.6 Å². The zero-order valence-electron chi connectivity index (χ0n) is 18.0. The number of Topliss-reactive ketones (excluding diaryl/α,β-unsaturated/α-hetero) is 1. The van der Waals surface area contributed by atoms with E-state index >= 15 is 0 Å². The van der Waals surface area contributed by atoms with Crippen molar-refractivity contribution in [2.24, 2.45) is 0 Å². The van der Waals surface area contributed by atoms with Crippen LogP contribution < -0.4 is 5.48 Å². The number of carbonyl (C=O) groups is 3. The molecule has 0 bridgehead atoms. The molecule has 0 radical (unpaired) electrons. The first-order valence-corrected chi connectivity index (χ1v) is 10.6. The third-order valence-electron chi connectivity index (χ3n) is 6.70. The van der Waals surface area contributed by atoms with Gasteiger partial charge in [-0.05, 0) is 18.1 Å². The van der Waals surface area contributed by atoms with Crippen LogP contribution in [0.3, 0.4) is 0 Å². The van der Waals surface area contributed by atoms with Gasteiger partial charge in [0, 0.05) is 34.9 Å². The molecule has 0 amide bonds. The number of hydrogen-bond donors (Lipinski definition) is 1. The molecule has 164 valence electrons. The Kier molecular flexibility index (Phi) is 4.76. The van der Waals surface area contributed by atoms with Crippen LogP contribution in [-0.4, -0.2) is 29.3 Å². The molecule has 2 heterocycles. The van der Waals surface area contributed by atoms with Crippen molar-refractivity contribution >= 4 is 28.6 Å². The summed E-state index contributed by atoms with van der Waals surface area (Å²) in [7, 11) is 1.36. The first kappa shape index (κ1) is 20.6. The summed E-state index contributed by atoms with van der Waals surface area (Å²) >= 11 is 0. The van der Waals surface area contributed by atoms with Gasteiger partial charge in [0.1, 0.15) is 6.61 Å². The van der Waals surface area contributed by atoms with Gasteiger partial charge >= 0.3 is 5.97 Å². The SMILES string of the molecule is CON[C@]1(C(=O)OCc2ccccc2)C(=O)C[C@@]2(C)CCC(=O)n3c2c1c1ccccc13. The van der Waals surface area contributed by atoms with Gasteiger partial charge in [-0.3, -0.25) is 14.2 Å². The molecule has 1 aromatic heterocycles. The Morgan fingerprint density at radius 3 is 2.56 bits per heavy atom. The van der Waals surface area contributed by atoms with Crippen LogP contribution in [0.5, 0.6) is 0 Å². The number of ketones is 1. The molecular formula is C25H24N2O5. The zero-order valence-corrected chi connectivity index (χ0v) is 18.0. The monoisotopic (exact) mass is 432 g/mol. The Bertz CT molecular complexity index is 1250. The topological polar surface area (TPSA) is 86.6 Å². The lowest BCUT2D eigenvalue weighted by Gasteiger charge is -2.44. The molecule has 0 spiro atoms. The smallest absolute Gasteiger partial charge is 0.341 e. The molecule has 0 unspecified atom stereocenters. The van der Waals surface area contributed by atoms with E-state index in [1.165, 1.54) is 7.11 Å². The average Bonchev–Trinajstić information content (AvgIpc) is 3.16. The molecule has 32 heavy (non-hydrogen) atoms. The Morgan fingerprint density at radius 2 is 1.81 bits per heavy atom. The molecule has 0 saturated carbocycles. The van der Waals surface area contributed by atoms with Crippen LogP contribution in [0.1, 0.15) is 47.8 Å². The first-order valence-electron chi connectivity index (χ1n) is 10.6. The molecule has 2 aromatic carbocycles. The van der Waals surface area contributed by atoms with Crippen LogP contribution in [0.15, 0.2) is 54.6 Å². The number of hydrogen-bond acceptors (Lipinski definition) is 6. The highest BCUT2D eigenvalue weighted by Crippen LogP contribution is 2.52. The lowest BCUT2D eigenvalue weighted by atomic mass is 9.63. The van der Waals surface area contributed by atoms with Crippen LogP contribution in [0, 0.1) is 0 Å². The largest absolute Gasteiger partial charge is 0.459 e. The molecule has 1 N–H and O–H groups in total. The van der Waals surface area contributed by atoms with Crippen molar-refractivity contribution in [1.29, 1.82) is 0 Å². The summed E-state index contributed by atoms with van der Waals surface area (Å²) in [6, 6.07) is 16.6. The quantitative estimate of drug-likeness (QED) is 0.378. The molecule has 3 aromatic rings. The second-order valence-corrected chi connectivity index (χ2v) is 8.75. The van der Waals surface area contributed by atoms with Crippen molar-refractivity contribution in [3.8, 4) is 0 Å². The van der Waals surface area contributed by atoms with Crippen LogP contribution >= 0.6 is 0 Å². The third-order valence-corrected chi connectivity index (χ3v) is 6.70. The molecule has 2 atom stereocenters. The number of aromatic nitrogens is 1. The van der Waals surface area contributed by atoms with Crippen LogP contribution in [0.4, 0.5) is 0 Å². The summed E-state index contributed by atoms with van der Waals surface area (Å²) < 4.78 is 7.34. The van der Waals surface area contributed by atoms with Crippen molar-refractivity contribution in [1.82, 2.24) is 10.0 Å². The number of hydroxylamine groups is 1. The average molecular weight is 432 g/mol. The molecule has 7 heteroatoms. The normalized spacial score (nSPS) is 24.4. The van der Waals surface area contributed by atoms with Crippen molar-refractivity contribution in [2.75, 3.05) is 7.11 Å².